The molecule has 1 amide bonds. The largest absolute Gasteiger partial charge is 0.495 e. The molecule has 0 aliphatic carbocycles. The van der Waals surface area contributed by atoms with Crippen LogP contribution in [0.5, 0.6) is 11.5 Å². The summed E-state index contributed by atoms with van der Waals surface area (Å²) in [7, 11) is 2.97. The molecule has 1 fully saturated rings. The molecule has 8 heteroatoms. The number of carbonyl (C=O) groups is 2. The number of carbonyl (C=O) groups excluding carboxylic acids is 1. The Morgan fingerprint density at radius 3 is 2.38 bits per heavy atom. The first-order valence-electron chi connectivity index (χ1n) is 6.02. The van der Waals surface area contributed by atoms with Gasteiger partial charge in [0.05, 0.1) is 20.1 Å². The van der Waals surface area contributed by atoms with Crippen LogP contribution in [-0.2, 0) is 4.79 Å². The van der Waals surface area contributed by atoms with Crippen molar-refractivity contribution in [1.82, 2.24) is 4.90 Å². The molecule has 21 heavy (non-hydrogen) atoms. The fourth-order valence-electron chi connectivity index (χ4n) is 2.01. The van der Waals surface area contributed by atoms with E-state index in [0.29, 0.717) is 33.2 Å². The van der Waals surface area contributed by atoms with E-state index in [-0.39, 0.29) is 5.91 Å². The number of nitrogens with zero attached hydrogens (tertiary/aromatic N) is 1. The Kier molecular flexibility index (Phi) is 5.00. The maximum atomic E-state index is 12.5. The average Bonchev–Trinajstić information content (AvgIpc) is 2.96. The van der Waals surface area contributed by atoms with Crippen molar-refractivity contribution in [3.63, 3.8) is 0 Å². The number of thioether (sulfide) groups is 1. The third kappa shape index (κ3) is 3.11. The smallest absolute Gasteiger partial charge is 0.327 e. The summed E-state index contributed by atoms with van der Waals surface area (Å²) >= 11 is 4.75. The zero-order chi connectivity index (χ0) is 15.6. The summed E-state index contributed by atoms with van der Waals surface area (Å²) in [5.41, 5.74) is 0.334. The molecule has 1 aromatic rings. The Morgan fingerprint density at radius 2 is 1.90 bits per heavy atom. The SMILES string of the molecule is COc1cc(C(=O)N2CSCC2C(=O)O)cc(OC)c1Br. The summed E-state index contributed by atoms with van der Waals surface area (Å²) in [5.74, 6) is 0.316. The number of benzene rings is 1. The lowest BCUT2D eigenvalue weighted by Gasteiger charge is -2.21. The Labute approximate surface area is 134 Å². The van der Waals surface area contributed by atoms with E-state index < -0.39 is 12.0 Å². The molecule has 1 unspecified atom stereocenters. The maximum Gasteiger partial charge on any atom is 0.327 e. The predicted octanol–water partition coefficient (Wildman–Crippen LogP) is 2.07. The minimum atomic E-state index is -0.996. The van der Waals surface area contributed by atoms with Gasteiger partial charge in [-0.15, -0.1) is 11.8 Å². The highest BCUT2D eigenvalue weighted by Crippen LogP contribution is 2.36. The summed E-state index contributed by atoms with van der Waals surface area (Å²) in [4.78, 5) is 25.1. The van der Waals surface area contributed by atoms with Crippen LogP contribution in [0.2, 0.25) is 0 Å². The highest BCUT2D eigenvalue weighted by molar-refractivity contribution is 9.10. The van der Waals surface area contributed by atoms with E-state index in [0.717, 1.165) is 0 Å². The Morgan fingerprint density at radius 1 is 1.33 bits per heavy atom. The van der Waals surface area contributed by atoms with Crippen LogP contribution >= 0.6 is 27.7 Å². The molecule has 0 spiro atoms. The minimum Gasteiger partial charge on any atom is -0.495 e. The molecule has 6 nitrogen and oxygen atoms in total. The molecule has 1 N–H and O–H groups in total. The summed E-state index contributed by atoms with van der Waals surface area (Å²) in [5, 5.41) is 9.16. The maximum absolute atomic E-state index is 12.5. The minimum absolute atomic E-state index is 0.334. The molecule has 0 saturated carbocycles. The van der Waals surface area contributed by atoms with Crippen LogP contribution in [-0.4, -0.2) is 53.8 Å². The lowest BCUT2D eigenvalue weighted by Crippen LogP contribution is -2.41. The standard InChI is InChI=1S/C13H14BrNO5S/c1-19-9-3-7(4-10(20-2)11(9)14)12(16)15-6-21-5-8(15)13(17)18/h3-4,8H,5-6H2,1-2H3,(H,17,18). The summed E-state index contributed by atoms with van der Waals surface area (Å²) in [6.45, 7) is 0. The highest BCUT2D eigenvalue weighted by atomic mass is 79.9. The van der Waals surface area contributed by atoms with Gasteiger partial charge >= 0.3 is 5.97 Å². The van der Waals surface area contributed by atoms with E-state index >= 15 is 0 Å². The number of hydrogen-bond donors (Lipinski definition) is 1. The lowest BCUT2D eigenvalue weighted by molar-refractivity contribution is -0.140. The third-order valence-corrected chi connectivity index (χ3v) is 4.91. The number of rotatable bonds is 4. The average molecular weight is 376 g/mol. The number of methoxy groups -OCH3 is 2. The summed E-state index contributed by atoms with van der Waals surface area (Å²) in [6.07, 6.45) is 0. The second-order valence-corrected chi connectivity index (χ2v) is 6.12. The molecule has 2 rings (SSSR count). The zero-order valence-corrected chi connectivity index (χ0v) is 13.9. The van der Waals surface area contributed by atoms with Gasteiger partial charge in [-0.05, 0) is 28.1 Å². The van der Waals surface area contributed by atoms with Crippen LogP contribution in [0.25, 0.3) is 0 Å². The second-order valence-electron chi connectivity index (χ2n) is 4.32. The Balaban J connectivity index is 2.37. The first kappa shape index (κ1) is 16.0. The number of hydrogen-bond acceptors (Lipinski definition) is 5. The molecule has 1 atom stereocenters. The van der Waals surface area contributed by atoms with Crippen LogP contribution in [0.4, 0.5) is 0 Å². The van der Waals surface area contributed by atoms with E-state index in [1.54, 1.807) is 12.1 Å². The quantitative estimate of drug-likeness (QED) is 0.867. The highest BCUT2D eigenvalue weighted by Gasteiger charge is 2.35. The van der Waals surface area contributed by atoms with Crippen molar-refractivity contribution in [2.75, 3.05) is 25.8 Å². The van der Waals surface area contributed by atoms with Gasteiger partial charge < -0.3 is 19.5 Å². The summed E-state index contributed by atoms with van der Waals surface area (Å²) < 4.78 is 11.0. The van der Waals surface area contributed by atoms with Crippen molar-refractivity contribution < 1.29 is 24.2 Å². The molecule has 0 radical (unpaired) electrons. The topological polar surface area (TPSA) is 76.1 Å². The molecule has 1 aliphatic rings. The lowest BCUT2D eigenvalue weighted by atomic mass is 10.1. The van der Waals surface area contributed by atoms with Crippen molar-refractivity contribution in [2.45, 2.75) is 6.04 Å². The van der Waals surface area contributed by atoms with E-state index in [2.05, 4.69) is 15.9 Å². The molecule has 114 valence electrons. The van der Waals surface area contributed by atoms with Crippen LogP contribution < -0.4 is 9.47 Å². The normalized spacial score (nSPS) is 17.7. The number of carboxylic acids is 1. The molecular weight excluding hydrogens is 362 g/mol. The van der Waals surface area contributed by atoms with E-state index in [1.807, 2.05) is 0 Å². The van der Waals surface area contributed by atoms with E-state index in [1.165, 1.54) is 30.9 Å². The zero-order valence-electron chi connectivity index (χ0n) is 11.5. The molecule has 1 aliphatic heterocycles. The molecule has 1 saturated heterocycles. The fourth-order valence-corrected chi connectivity index (χ4v) is 3.70. The number of aliphatic carboxylic acids is 1. The Hall–Kier alpha value is -1.41. The van der Waals surface area contributed by atoms with Crippen LogP contribution in [0, 0.1) is 0 Å². The van der Waals surface area contributed by atoms with Crippen molar-refractivity contribution in [1.29, 1.82) is 0 Å². The van der Waals surface area contributed by atoms with Crippen LogP contribution in [0.1, 0.15) is 10.4 Å². The first-order chi connectivity index (χ1) is 9.99. The molecular formula is C13H14BrNO5S. The van der Waals surface area contributed by atoms with Gasteiger partial charge in [0.25, 0.3) is 5.91 Å². The number of carboxylic acid groups (broad SMARTS) is 1. The van der Waals surface area contributed by atoms with Crippen molar-refractivity contribution in [3.8, 4) is 11.5 Å². The van der Waals surface area contributed by atoms with Crippen LogP contribution in [0.15, 0.2) is 16.6 Å². The van der Waals surface area contributed by atoms with Gasteiger partial charge in [-0.3, -0.25) is 4.79 Å². The number of halogens is 1. The molecule has 0 bridgehead atoms. The first-order valence-corrected chi connectivity index (χ1v) is 7.97. The van der Waals surface area contributed by atoms with E-state index in [9.17, 15) is 9.59 Å². The van der Waals surface area contributed by atoms with Gasteiger partial charge in [0, 0.05) is 11.3 Å². The number of ether oxygens (including phenoxy) is 2. The molecule has 1 heterocycles. The van der Waals surface area contributed by atoms with Gasteiger partial charge in [-0.1, -0.05) is 0 Å². The van der Waals surface area contributed by atoms with Crippen LogP contribution in [0.3, 0.4) is 0 Å². The van der Waals surface area contributed by atoms with Gasteiger partial charge in [-0.2, -0.15) is 0 Å². The third-order valence-electron chi connectivity index (χ3n) is 3.12. The van der Waals surface area contributed by atoms with E-state index in [4.69, 9.17) is 14.6 Å². The number of amides is 1. The fraction of sp³-hybridized carbons (Fsp3) is 0.385. The summed E-state index contributed by atoms with van der Waals surface area (Å²) in [6, 6.07) is 2.33. The monoisotopic (exact) mass is 375 g/mol. The van der Waals surface area contributed by atoms with Gasteiger partial charge in [0.15, 0.2) is 0 Å². The Bertz CT molecular complexity index is 555. The molecule has 1 aromatic carbocycles. The van der Waals surface area contributed by atoms with Gasteiger partial charge in [-0.25, -0.2) is 4.79 Å². The van der Waals surface area contributed by atoms with Crippen molar-refractivity contribution in [3.05, 3.63) is 22.2 Å². The second kappa shape index (κ2) is 6.57. The predicted molar refractivity (Wildman–Crippen MR) is 82.2 cm³/mol. The van der Waals surface area contributed by atoms with Crippen molar-refractivity contribution in [2.24, 2.45) is 0 Å². The van der Waals surface area contributed by atoms with Crippen molar-refractivity contribution >= 4 is 39.6 Å². The molecule has 0 aromatic heterocycles. The van der Waals surface area contributed by atoms with Gasteiger partial charge in [0.2, 0.25) is 0 Å². The van der Waals surface area contributed by atoms with Gasteiger partial charge in [0.1, 0.15) is 22.0 Å².